The third kappa shape index (κ3) is 3.36. The first-order valence-electron chi connectivity index (χ1n) is 8.71. The van der Waals surface area contributed by atoms with Crippen LogP contribution in [0.3, 0.4) is 0 Å². The molecule has 3 N–H and O–H groups in total. The van der Waals surface area contributed by atoms with E-state index in [4.69, 9.17) is 5.11 Å². The monoisotopic (exact) mass is 377 g/mol. The Morgan fingerprint density at radius 3 is 2.74 bits per heavy atom. The fourth-order valence-electron chi connectivity index (χ4n) is 3.72. The van der Waals surface area contributed by atoms with Gasteiger partial charge in [-0.15, -0.1) is 0 Å². The zero-order valence-electron chi connectivity index (χ0n) is 14.8. The number of nitrogens with one attached hydrogen (secondary N) is 2. The van der Waals surface area contributed by atoms with E-state index in [2.05, 4.69) is 10.6 Å². The van der Waals surface area contributed by atoms with E-state index in [0.717, 1.165) is 42.4 Å². The minimum atomic E-state index is -1.29. The molecular weight excluding hydrogens is 357 g/mol. The first-order chi connectivity index (χ1) is 12.7. The predicted octanol–water partition coefficient (Wildman–Crippen LogP) is 1.96. The van der Waals surface area contributed by atoms with Crippen molar-refractivity contribution in [3.8, 4) is 0 Å². The summed E-state index contributed by atoms with van der Waals surface area (Å²) in [5, 5.41) is 13.8. The number of carboxylic acid groups (broad SMARTS) is 1. The average molecular weight is 377 g/mol. The minimum absolute atomic E-state index is 0.0308. The van der Waals surface area contributed by atoms with Gasteiger partial charge in [-0.25, -0.2) is 14.0 Å². The molecule has 0 bridgehead atoms. The first-order valence-corrected chi connectivity index (χ1v) is 8.71. The van der Waals surface area contributed by atoms with E-state index in [-0.39, 0.29) is 17.2 Å². The highest BCUT2D eigenvalue weighted by molar-refractivity contribution is 6.10. The Balaban J connectivity index is 1.70. The van der Waals surface area contributed by atoms with Crippen LogP contribution in [0.4, 0.5) is 14.9 Å². The number of aromatic carboxylic acids is 1. The number of imide groups is 1. The van der Waals surface area contributed by atoms with Gasteiger partial charge in [0.15, 0.2) is 0 Å². The summed E-state index contributed by atoms with van der Waals surface area (Å²) in [6.07, 6.45) is 3.14. The molecule has 27 heavy (non-hydrogen) atoms. The van der Waals surface area contributed by atoms with Crippen molar-refractivity contribution in [2.75, 3.05) is 11.9 Å². The third-order valence-corrected chi connectivity index (χ3v) is 5.29. The Hall–Kier alpha value is -2.97. The summed E-state index contributed by atoms with van der Waals surface area (Å²) in [5.41, 5.74) is -1.45. The van der Waals surface area contributed by atoms with Crippen LogP contribution in [0.1, 0.15) is 43.0 Å². The second kappa shape index (κ2) is 6.98. The molecule has 1 aromatic rings. The number of halogens is 1. The van der Waals surface area contributed by atoms with Crippen LogP contribution < -0.4 is 10.6 Å². The molecule has 2 unspecified atom stereocenters. The molecule has 0 aromatic heterocycles. The highest BCUT2D eigenvalue weighted by atomic mass is 19.1. The second-order valence-electron chi connectivity index (χ2n) is 6.99. The lowest BCUT2D eigenvalue weighted by atomic mass is 9.73. The lowest BCUT2D eigenvalue weighted by Gasteiger charge is -2.36. The molecule has 9 heteroatoms. The molecule has 1 aromatic carbocycles. The Morgan fingerprint density at radius 1 is 1.37 bits per heavy atom. The Bertz CT molecular complexity index is 827. The van der Waals surface area contributed by atoms with Crippen molar-refractivity contribution in [3.63, 3.8) is 0 Å². The van der Waals surface area contributed by atoms with Gasteiger partial charge >= 0.3 is 12.0 Å². The van der Waals surface area contributed by atoms with E-state index < -0.39 is 41.7 Å². The van der Waals surface area contributed by atoms with Gasteiger partial charge < -0.3 is 15.7 Å². The van der Waals surface area contributed by atoms with Crippen LogP contribution in [0.15, 0.2) is 18.2 Å². The molecule has 1 saturated carbocycles. The molecule has 3 rings (SSSR count). The number of rotatable bonds is 4. The highest BCUT2D eigenvalue weighted by Gasteiger charge is 2.55. The summed E-state index contributed by atoms with van der Waals surface area (Å²) in [7, 11) is 0. The topological polar surface area (TPSA) is 116 Å². The Morgan fingerprint density at radius 2 is 2.11 bits per heavy atom. The predicted molar refractivity (Wildman–Crippen MR) is 92.6 cm³/mol. The van der Waals surface area contributed by atoms with E-state index >= 15 is 0 Å². The van der Waals surface area contributed by atoms with Gasteiger partial charge in [-0.1, -0.05) is 19.8 Å². The molecule has 1 heterocycles. The fourth-order valence-corrected chi connectivity index (χ4v) is 3.72. The summed E-state index contributed by atoms with van der Waals surface area (Å²) >= 11 is 0. The molecule has 1 spiro atoms. The molecule has 4 amide bonds. The van der Waals surface area contributed by atoms with Gasteiger partial charge in [0.25, 0.3) is 5.91 Å². The molecule has 2 aliphatic rings. The number of hydrogen-bond acceptors (Lipinski definition) is 4. The van der Waals surface area contributed by atoms with Crippen LogP contribution >= 0.6 is 0 Å². The highest BCUT2D eigenvalue weighted by Crippen LogP contribution is 2.38. The van der Waals surface area contributed by atoms with E-state index in [0.29, 0.717) is 6.42 Å². The first kappa shape index (κ1) is 18.8. The van der Waals surface area contributed by atoms with E-state index in [1.54, 1.807) is 0 Å². The summed E-state index contributed by atoms with van der Waals surface area (Å²) in [6, 6.07) is 2.41. The molecular formula is C18H20FN3O5. The van der Waals surface area contributed by atoms with Crippen molar-refractivity contribution in [3.05, 3.63) is 29.6 Å². The van der Waals surface area contributed by atoms with Gasteiger partial charge in [-0.2, -0.15) is 0 Å². The average Bonchev–Trinajstić information content (AvgIpc) is 2.84. The Kier molecular flexibility index (Phi) is 4.86. The van der Waals surface area contributed by atoms with Crippen molar-refractivity contribution < 1.29 is 28.7 Å². The number of carboxylic acids is 1. The molecule has 1 aliphatic heterocycles. The Labute approximate surface area is 154 Å². The quantitative estimate of drug-likeness (QED) is 0.694. The molecule has 2 atom stereocenters. The SMILES string of the molecule is CC1CCCCC12NC(=O)N(CC(=O)Nc1ccc(C(=O)O)cc1F)C2=O. The zero-order valence-corrected chi connectivity index (χ0v) is 14.8. The molecule has 1 aliphatic carbocycles. The van der Waals surface area contributed by atoms with Crippen molar-refractivity contribution >= 4 is 29.5 Å². The van der Waals surface area contributed by atoms with Crippen molar-refractivity contribution in [1.82, 2.24) is 10.2 Å². The standard InChI is InChI=1S/C18H20FN3O5/c1-10-4-2-3-7-18(10)16(26)22(17(27)21-18)9-14(23)20-13-6-5-11(15(24)25)8-12(13)19/h5-6,8,10H,2-4,7,9H2,1H3,(H,20,23)(H,21,27)(H,24,25). The fraction of sp³-hybridized carbons (Fsp3) is 0.444. The van der Waals surface area contributed by atoms with Crippen LogP contribution in [0.2, 0.25) is 0 Å². The molecule has 8 nitrogen and oxygen atoms in total. The lowest BCUT2D eigenvalue weighted by Crippen LogP contribution is -2.54. The number of carbonyl (C=O) groups excluding carboxylic acids is 3. The number of nitrogens with zero attached hydrogens (tertiary/aromatic N) is 1. The minimum Gasteiger partial charge on any atom is -0.478 e. The number of hydrogen-bond donors (Lipinski definition) is 3. The summed E-state index contributed by atoms with van der Waals surface area (Å²) < 4.78 is 13.9. The van der Waals surface area contributed by atoms with Gasteiger partial charge in [-0.3, -0.25) is 14.5 Å². The van der Waals surface area contributed by atoms with Gasteiger partial charge in [0.2, 0.25) is 5.91 Å². The third-order valence-electron chi connectivity index (χ3n) is 5.29. The molecule has 2 fully saturated rings. The molecule has 1 saturated heterocycles. The van der Waals surface area contributed by atoms with Gasteiger partial charge in [0.05, 0.1) is 11.3 Å². The molecule has 144 valence electrons. The van der Waals surface area contributed by atoms with Crippen LogP contribution in [-0.2, 0) is 9.59 Å². The van der Waals surface area contributed by atoms with Crippen LogP contribution in [0.25, 0.3) is 0 Å². The number of benzene rings is 1. The van der Waals surface area contributed by atoms with Gasteiger partial charge in [-0.05, 0) is 37.0 Å². The van der Waals surface area contributed by atoms with Crippen molar-refractivity contribution in [1.29, 1.82) is 0 Å². The van der Waals surface area contributed by atoms with E-state index in [9.17, 15) is 23.6 Å². The van der Waals surface area contributed by atoms with E-state index in [1.165, 1.54) is 0 Å². The summed E-state index contributed by atoms with van der Waals surface area (Å²) in [6.45, 7) is 1.36. The lowest BCUT2D eigenvalue weighted by molar-refractivity contribution is -0.136. The van der Waals surface area contributed by atoms with Gasteiger partial charge in [0.1, 0.15) is 17.9 Å². The number of amides is 4. The molecule has 0 radical (unpaired) electrons. The van der Waals surface area contributed by atoms with Crippen molar-refractivity contribution in [2.45, 2.75) is 38.1 Å². The summed E-state index contributed by atoms with van der Waals surface area (Å²) in [5.74, 6) is -3.43. The largest absolute Gasteiger partial charge is 0.478 e. The number of anilines is 1. The van der Waals surface area contributed by atoms with Crippen LogP contribution in [0, 0.1) is 11.7 Å². The van der Waals surface area contributed by atoms with Crippen LogP contribution in [-0.4, -0.2) is 45.9 Å². The number of urea groups is 1. The maximum Gasteiger partial charge on any atom is 0.335 e. The van der Waals surface area contributed by atoms with E-state index in [1.807, 2.05) is 6.92 Å². The second-order valence-corrected chi connectivity index (χ2v) is 6.99. The van der Waals surface area contributed by atoms with Gasteiger partial charge in [0, 0.05) is 0 Å². The zero-order chi connectivity index (χ0) is 19.8. The van der Waals surface area contributed by atoms with Crippen LogP contribution in [0.5, 0.6) is 0 Å². The summed E-state index contributed by atoms with van der Waals surface area (Å²) in [4.78, 5) is 48.9. The maximum atomic E-state index is 13.9. The maximum absolute atomic E-state index is 13.9. The van der Waals surface area contributed by atoms with Crippen molar-refractivity contribution in [2.24, 2.45) is 5.92 Å². The number of carbonyl (C=O) groups is 4. The smallest absolute Gasteiger partial charge is 0.335 e. The normalized spacial score (nSPS) is 24.8.